The van der Waals surface area contributed by atoms with Crippen molar-refractivity contribution in [1.82, 2.24) is 5.32 Å². The Hall–Kier alpha value is -1.14. The molecule has 0 aliphatic carbocycles. The van der Waals surface area contributed by atoms with Crippen LogP contribution in [-0.4, -0.2) is 48.9 Å². The lowest BCUT2D eigenvalue weighted by atomic mass is 9.91. The molecule has 18 heavy (non-hydrogen) atoms. The number of hydrogen-bond donors (Lipinski definition) is 1. The highest BCUT2D eigenvalue weighted by Crippen LogP contribution is 2.34. The SMILES string of the molecule is COC1C2OC(CC2=O)C1NC(=O)OC(C)(C)C. The van der Waals surface area contributed by atoms with Crippen molar-refractivity contribution in [3.63, 3.8) is 0 Å². The maximum absolute atomic E-state index is 11.7. The van der Waals surface area contributed by atoms with E-state index in [0.717, 1.165) is 0 Å². The molecule has 2 aliphatic rings. The van der Waals surface area contributed by atoms with Gasteiger partial charge < -0.3 is 19.5 Å². The second kappa shape index (κ2) is 4.51. The molecule has 1 amide bonds. The van der Waals surface area contributed by atoms with Gasteiger partial charge in [-0.25, -0.2) is 4.79 Å². The van der Waals surface area contributed by atoms with Gasteiger partial charge in [-0.3, -0.25) is 4.79 Å². The molecule has 4 atom stereocenters. The van der Waals surface area contributed by atoms with E-state index in [9.17, 15) is 9.59 Å². The molecular formula is C12H19NO5. The number of Topliss-reactive ketones (excluding diaryl/α,β-unsaturated/α-hetero) is 1. The quantitative estimate of drug-likeness (QED) is 0.785. The molecule has 2 heterocycles. The Morgan fingerprint density at radius 2 is 2.11 bits per heavy atom. The first-order valence-corrected chi connectivity index (χ1v) is 6.02. The van der Waals surface area contributed by atoms with Gasteiger partial charge in [0.15, 0.2) is 5.78 Å². The van der Waals surface area contributed by atoms with E-state index in [0.29, 0.717) is 6.42 Å². The number of fused-ring (bicyclic) bond motifs is 2. The molecule has 6 heteroatoms. The molecule has 0 aromatic heterocycles. The van der Waals surface area contributed by atoms with Gasteiger partial charge in [-0.05, 0) is 20.8 Å². The van der Waals surface area contributed by atoms with E-state index in [2.05, 4.69) is 5.32 Å². The van der Waals surface area contributed by atoms with Crippen LogP contribution in [-0.2, 0) is 19.0 Å². The van der Waals surface area contributed by atoms with Crippen molar-refractivity contribution < 1.29 is 23.8 Å². The third-order valence-electron chi connectivity index (χ3n) is 3.05. The molecule has 1 N–H and O–H groups in total. The molecule has 2 bridgehead atoms. The Kier molecular flexibility index (Phi) is 3.33. The van der Waals surface area contributed by atoms with Crippen LogP contribution in [0, 0.1) is 0 Å². The number of alkyl carbamates (subject to hydrolysis) is 1. The van der Waals surface area contributed by atoms with Crippen LogP contribution in [0.4, 0.5) is 4.79 Å². The van der Waals surface area contributed by atoms with Gasteiger partial charge in [-0.2, -0.15) is 0 Å². The van der Waals surface area contributed by atoms with Crippen molar-refractivity contribution in [1.29, 1.82) is 0 Å². The van der Waals surface area contributed by atoms with Crippen molar-refractivity contribution in [2.75, 3.05) is 7.11 Å². The molecule has 0 aromatic carbocycles. The molecule has 6 nitrogen and oxygen atoms in total. The molecule has 2 saturated heterocycles. The first-order chi connectivity index (χ1) is 8.31. The lowest BCUT2D eigenvalue weighted by Crippen LogP contribution is -2.53. The van der Waals surface area contributed by atoms with Crippen molar-refractivity contribution in [2.45, 2.75) is 57.1 Å². The maximum Gasteiger partial charge on any atom is 0.408 e. The smallest absolute Gasteiger partial charge is 0.408 e. The van der Waals surface area contributed by atoms with Crippen LogP contribution < -0.4 is 5.32 Å². The zero-order valence-corrected chi connectivity index (χ0v) is 11.1. The van der Waals surface area contributed by atoms with E-state index < -0.39 is 23.9 Å². The van der Waals surface area contributed by atoms with Gasteiger partial charge >= 0.3 is 6.09 Å². The maximum atomic E-state index is 11.7. The third-order valence-corrected chi connectivity index (χ3v) is 3.05. The second-order valence-corrected chi connectivity index (χ2v) is 5.64. The molecule has 0 aromatic rings. The highest BCUT2D eigenvalue weighted by Gasteiger charge is 2.55. The fraction of sp³-hybridized carbons (Fsp3) is 0.833. The minimum absolute atomic E-state index is 0.0362. The van der Waals surface area contributed by atoms with E-state index in [1.807, 2.05) is 0 Å². The molecule has 102 valence electrons. The number of nitrogens with one attached hydrogen (secondary N) is 1. The monoisotopic (exact) mass is 257 g/mol. The van der Waals surface area contributed by atoms with Gasteiger partial charge in [0, 0.05) is 13.5 Å². The van der Waals surface area contributed by atoms with E-state index in [1.165, 1.54) is 7.11 Å². The Morgan fingerprint density at radius 3 is 2.67 bits per heavy atom. The van der Waals surface area contributed by atoms with Crippen LogP contribution in [0.3, 0.4) is 0 Å². The summed E-state index contributed by atoms with van der Waals surface area (Å²) in [6.07, 6.45) is -1.48. The summed E-state index contributed by atoms with van der Waals surface area (Å²) < 4.78 is 15.9. The van der Waals surface area contributed by atoms with E-state index >= 15 is 0 Å². The topological polar surface area (TPSA) is 73.9 Å². The van der Waals surface area contributed by atoms with Crippen LogP contribution in [0.25, 0.3) is 0 Å². The van der Waals surface area contributed by atoms with Gasteiger partial charge in [-0.1, -0.05) is 0 Å². The van der Waals surface area contributed by atoms with E-state index in [-0.39, 0.29) is 17.9 Å². The summed E-state index contributed by atoms with van der Waals surface area (Å²) >= 11 is 0. The number of methoxy groups -OCH3 is 1. The minimum atomic E-state index is -0.556. The molecule has 2 rings (SSSR count). The zero-order valence-electron chi connectivity index (χ0n) is 11.1. The number of ether oxygens (including phenoxy) is 3. The summed E-state index contributed by atoms with van der Waals surface area (Å²) in [4.78, 5) is 23.2. The Balaban J connectivity index is 1.98. The number of carbonyl (C=O) groups is 2. The largest absolute Gasteiger partial charge is 0.444 e. The molecule has 2 fully saturated rings. The van der Waals surface area contributed by atoms with Gasteiger partial charge in [0.2, 0.25) is 0 Å². The van der Waals surface area contributed by atoms with Crippen LogP contribution in [0.1, 0.15) is 27.2 Å². The van der Waals surface area contributed by atoms with Gasteiger partial charge in [0.25, 0.3) is 0 Å². The predicted molar refractivity (Wildman–Crippen MR) is 62.2 cm³/mol. The summed E-state index contributed by atoms with van der Waals surface area (Å²) in [5, 5.41) is 2.73. The molecule has 0 radical (unpaired) electrons. The number of carbonyl (C=O) groups excluding carboxylic acids is 2. The van der Waals surface area contributed by atoms with E-state index in [4.69, 9.17) is 14.2 Å². The minimum Gasteiger partial charge on any atom is -0.444 e. The van der Waals surface area contributed by atoms with Crippen LogP contribution in [0.2, 0.25) is 0 Å². The highest BCUT2D eigenvalue weighted by molar-refractivity contribution is 5.88. The Bertz CT molecular complexity index is 362. The molecule has 0 saturated carbocycles. The number of amides is 1. The Morgan fingerprint density at radius 1 is 1.44 bits per heavy atom. The zero-order chi connectivity index (χ0) is 13.5. The average Bonchev–Trinajstić information content (AvgIpc) is 2.71. The Labute approximate surface area is 106 Å². The summed E-state index contributed by atoms with van der Waals surface area (Å²) in [5.74, 6) is 0.0362. The van der Waals surface area contributed by atoms with E-state index in [1.54, 1.807) is 20.8 Å². The van der Waals surface area contributed by atoms with Crippen LogP contribution in [0.15, 0.2) is 0 Å². The average molecular weight is 257 g/mol. The van der Waals surface area contributed by atoms with Gasteiger partial charge in [-0.15, -0.1) is 0 Å². The lowest BCUT2D eigenvalue weighted by molar-refractivity contribution is -0.126. The predicted octanol–water partition coefficient (Wildman–Crippen LogP) is 0.635. The van der Waals surface area contributed by atoms with Gasteiger partial charge in [0.1, 0.15) is 17.8 Å². The fourth-order valence-electron chi connectivity index (χ4n) is 2.39. The van der Waals surface area contributed by atoms with Crippen LogP contribution in [0.5, 0.6) is 0 Å². The number of hydrogen-bond acceptors (Lipinski definition) is 5. The van der Waals surface area contributed by atoms with Crippen molar-refractivity contribution in [3.05, 3.63) is 0 Å². The fourth-order valence-corrected chi connectivity index (χ4v) is 2.39. The van der Waals surface area contributed by atoms with Crippen molar-refractivity contribution >= 4 is 11.9 Å². The first kappa shape index (κ1) is 13.3. The molecule has 0 spiro atoms. The molecular weight excluding hydrogens is 238 g/mol. The van der Waals surface area contributed by atoms with Crippen LogP contribution >= 0.6 is 0 Å². The van der Waals surface area contributed by atoms with Crippen molar-refractivity contribution in [2.24, 2.45) is 0 Å². The second-order valence-electron chi connectivity index (χ2n) is 5.64. The summed E-state index contributed by atoms with van der Waals surface area (Å²) in [6.45, 7) is 5.38. The summed E-state index contributed by atoms with van der Waals surface area (Å²) in [7, 11) is 1.51. The first-order valence-electron chi connectivity index (χ1n) is 6.02. The third kappa shape index (κ3) is 2.49. The van der Waals surface area contributed by atoms with Gasteiger partial charge in [0.05, 0.1) is 12.1 Å². The molecule has 2 aliphatic heterocycles. The lowest BCUT2D eigenvalue weighted by Gasteiger charge is -2.28. The normalized spacial score (nSPS) is 34.8. The summed E-state index contributed by atoms with van der Waals surface area (Å²) in [6, 6.07) is -0.326. The standard InChI is InChI=1S/C12H19NO5/c1-12(2,3)18-11(15)13-8-7-5-6(14)9(17-7)10(8)16-4/h7-10H,5H2,1-4H3,(H,13,15). The number of ketones is 1. The highest BCUT2D eigenvalue weighted by atomic mass is 16.6. The van der Waals surface area contributed by atoms with Crippen molar-refractivity contribution in [3.8, 4) is 0 Å². The molecule has 4 unspecified atom stereocenters. The number of rotatable bonds is 2. The summed E-state index contributed by atoms with van der Waals surface area (Å²) in [5.41, 5.74) is -0.555.